The lowest BCUT2D eigenvalue weighted by molar-refractivity contribution is -0.137. The first-order valence-corrected chi connectivity index (χ1v) is 6.33. The molecule has 0 aliphatic carbocycles. The third kappa shape index (κ3) is 3.18. The molecule has 0 spiro atoms. The van der Waals surface area contributed by atoms with Gasteiger partial charge >= 0.3 is 6.18 Å². The van der Waals surface area contributed by atoms with E-state index in [1.807, 2.05) is 0 Å². The largest absolute Gasteiger partial charge is 0.417 e. The third-order valence-corrected chi connectivity index (χ3v) is 3.54. The van der Waals surface area contributed by atoms with Crippen LogP contribution in [-0.2, 0) is 6.18 Å². The Labute approximate surface area is 113 Å². The van der Waals surface area contributed by atoms with Crippen molar-refractivity contribution in [3.63, 3.8) is 0 Å². The highest BCUT2D eigenvalue weighted by molar-refractivity contribution is 6.18. The molecule has 1 aromatic rings. The number of hydrogen-bond donors (Lipinski definition) is 0. The molecule has 2 heterocycles. The van der Waals surface area contributed by atoms with Crippen LogP contribution in [0.3, 0.4) is 0 Å². The van der Waals surface area contributed by atoms with Crippen LogP contribution in [0.25, 0.3) is 0 Å². The van der Waals surface area contributed by atoms with Crippen LogP contribution in [0.1, 0.15) is 22.5 Å². The number of rotatable bonds is 2. The van der Waals surface area contributed by atoms with Crippen LogP contribution in [0.15, 0.2) is 18.3 Å². The topological polar surface area (TPSA) is 33.2 Å². The Morgan fingerprint density at radius 2 is 2.21 bits per heavy atom. The van der Waals surface area contributed by atoms with Gasteiger partial charge in [0.2, 0.25) is 0 Å². The number of hydrogen-bond acceptors (Lipinski definition) is 2. The fourth-order valence-corrected chi connectivity index (χ4v) is 2.25. The number of nitrogens with zero attached hydrogens (tertiary/aromatic N) is 2. The lowest BCUT2D eigenvalue weighted by Gasteiger charge is -2.15. The van der Waals surface area contributed by atoms with Gasteiger partial charge in [-0.1, -0.05) is 0 Å². The van der Waals surface area contributed by atoms with E-state index < -0.39 is 11.7 Å². The van der Waals surface area contributed by atoms with Gasteiger partial charge in [0, 0.05) is 25.2 Å². The normalized spacial score (nSPS) is 19.8. The molecule has 7 heteroatoms. The molecule has 1 unspecified atom stereocenters. The van der Waals surface area contributed by atoms with Gasteiger partial charge in [-0.15, -0.1) is 11.6 Å². The van der Waals surface area contributed by atoms with Crippen LogP contribution in [-0.4, -0.2) is 34.8 Å². The summed E-state index contributed by atoms with van der Waals surface area (Å²) in [7, 11) is 0. The number of carbonyl (C=O) groups is 1. The minimum Gasteiger partial charge on any atom is -0.337 e. The van der Waals surface area contributed by atoms with Crippen LogP contribution in [0.2, 0.25) is 0 Å². The van der Waals surface area contributed by atoms with Crippen molar-refractivity contribution in [1.29, 1.82) is 0 Å². The lowest BCUT2D eigenvalue weighted by atomic mass is 10.2. The lowest BCUT2D eigenvalue weighted by Crippen LogP contribution is -2.29. The Morgan fingerprint density at radius 1 is 1.47 bits per heavy atom. The summed E-state index contributed by atoms with van der Waals surface area (Å²) in [6.45, 7) is 1.10. The summed E-state index contributed by atoms with van der Waals surface area (Å²) >= 11 is 5.72. The number of aromatic nitrogens is 1. The maximum atomic E-state index is 12.4. The van der Waals surface area contributed by atoms with Gasteiger partial charge < -0.3 is 4.90 Å². The van der Waals surface area contributed by atoms with Gasteiger partial charge in [-0.3, -0.25) is 9.78 Å². The Kier molecular flexibility index (Phi) is 3.99. The van der Waals surface area contributed by atoms with Gasteiger partial charge in [0.15, 0.2) is 0 Å². The SMILES string of the molecule is O=C(c1ccc(C(F)(F)F)cn1)N1CCC(CCl)C1. The fraction of sp³-hybridized carbons (Fsp3) is 0.500. The number of pyridine rings is 1. The highest BCUT2D eigenvalue weighted by atomic mass is 35.5. The summed E-state index contributed by atoms with van der Waals surface area (Å²) in [4.78, 5) is 17.2. The molecule has 1 atom stereocenters. The fourth-order valence-electron chi connectivity index (χ4n) is 1.99. The summed E-state index contributed by atoms with van der Waals surface area (Å²) < 4.78 is 37.1. The standard InChI is InChI=1S/C12H12ClF3N2O/c13-5-8-3-4-18(7-8)11(19)10-2-1-9(6-17-10)12(14,15)16/h1-2,6,8H,3-5,7H2. The second-order valence-corrected chi connectivity index (χ2v) is 4.80. The first-order valence-electron chi connectivity index (χ1n) is 5.80. The van der Waals surface area contributed by atoms with E-state index in [-0.39, 0.29) is 17.5 Å². The number of halogens is 4. The van der Waals surface area contributed by atoms with Crippen molar-refractivity contribution < 1.29 is 18.0 Å². The van der Waals surface area contributed by atoms with Gasteiger partial charge in [-0.2, -0.15) is 13.2 Å². The number of likely N-dealkylation sites (tertiary alicyclic amines) is 1. The molecule has 1 aliphatic rings. The van der Waals surface area contributed by atoms with E-state index in [2.05, 4.69) is 4.98 Å². The van der Waals surface area contributed by atoms with Gasteiger partial charge in [0.1, 0.15) is 5.69 Å². The van der Waals surface area contributed by atoms with E-state index in [9.17, 15) is 18.0 Å². The molecule has 104 valence electrons. The molecule has 1 aliphatic heterocycles. The van der Waals surface area contributed by atoms with Crippen LogP contribution >= 0.6 is 11.6 Å². The van der Waals surface area contributed by atoms with Crippen LogP contribution in [0, 0.1) is 5.92 Å². The maximum Gasteiger partial charge on any atom is 0.417 e. The molecule has 1 aromatic heterocycles. The molecule has 1 fully saturated rings. The summed E-state index contributed by atoms with van der Waals surface area (Å²) in [5.74, 6) is 0.380. The molecule has 3 nitrogen and oxygen atoms in total. The summed E-state index contributed by atoms with van der Waals surface area (Å²) in [5, 5.41) is 0. The van der Waals surface area contributed by atoms with Crippen molar-refractivity contribution >= 4 is 17.5 Å². The molecule has 0 bridgehead atoms. The zero-order chi connectivity index (χ0) is 14.0. The van der Waals surface area contributed by atoms with Crippen molar-refractivity contribution in [1.82, 2.24) is 9.88 Å². The molecule has 0 N–H and O–H groups in total. The Hall–Kier alpha value is -1.30. The molecule has 19 heavy (non-hydrogen) atoms. The van der Waals surface area contributed by atoms with Gasteiger partial charge in [-0.05, 0) is 24.5 Å². The number of carbonyl (C=O) groups excluding carboxylic acids is 1. The second-order valence-electron chi connectivity index (χ2n) is 4.49. The smallest absolute Gasteiger partial charge is 0.337 e. The first kappa shape index (κ1) is 14.1. The highest BCUT2D eigenvalue weighted by Crippen LogP contribution is 2.28. The van der Waals surface area contributed by atoms with E-state index in [1.165, 1.54) is 0 Å². The van der Waals surface area contributed by atoms with Gasteiger partial charge in [0.25, 0.3) is 5.91 Å². The Morgan fingerprint density at radius 3 is 2.68 bits per heavy atom. The average Bonchev–Trinajstić information content (AvgIpc) is 2.86. The van der Waals surface area contributed by atoms with E-state index in [4.69, 9.17) is 11.6 Å². The zero-order valence-electron chi connectivity index (χ0n) is 9.95. The molecular weight excluding hydrogens is 281 g/mol. The first-order chi connectivity index (χ1) is 8.91. The van der Waals surface area contributed by atoms with E-state index >= 15 is 0 Å². The van der Waals surface area contributed by atoms with Crippen LogP contribution in [0.5, 0.6) is 0 Å². The van der Waals surface area contributed by atoms with Crippen molar-refractivity contribution in [2.24, 2.45) is 5.92 Å². The van der Waals surface area contributed by atoms with E-state index in [1.54, 1.807) is 4.90 Å². The second kappa shape index (κ2) is 5.36. The maximum absolute atomic E-state index is 12.4. The molecule has 1 saturated heterocycles. The molecule has 1 amide bonds. The van der Waals surface area contributed by atoms with Gasteiger partial charge in [-0.25, -0.2) is 0 Å². The summed E-state index contributed by atoms with van der Waals surface area (Å²) in [6.07, 6.45) is -2.94. The molecule has 2 rings (SSSR count). The molecule has 0 aromatic carbocycles. The zero-order valence-corrected chi connectivity index (χ0v) is 10.7. The number of alkyl halides is 4. The summed E-state index contributed by atoms with van der Waals surface area (Å²) in [5.41, 5.74) is -0.827. The van der Waals surface area contributed by atoms with Crippen molar-refractivity contribution in [3.8, 4) is 0 Å². The van der Waals surface area contributed by atoms with Crippen LogP contribution in [0.4, 0.5) is 13.2 Å². The van der Waals surface area contributed by atoms with Crippen molar-refractivity contribution in [3.05, 3.63) is 29.6 Å². The minimum atomic E-state index is -4.44. The predicted octanol–water partition coefficient (Wildman–Crippen LogP) is 2.80. The van der Waals surface area contributed by atoms with E-state index in [0.717, 1.165) is 18.6 Å². The van der Waals surface area contributed by atoms with Crippen molar-refractivity contribution in [2.45, 2.75) is 12.6 Å². The quantitative estimate of drug-likeness (QED) is 0.785. The highest BCUT2D eigenvalue weighted by Gasteiger charge is 2.32. The Balaban J connectivity index is 2.08. The predicted molar refractivity (Wildman–Crippen MR) is 64.0 cm³/mol. The van der Waals surface area contributed by atoms with Crippen LogP contribution < -0.4 is 0 Å². The molecular formula is C12H12ClF3N2O. The summed E-state index contributed by atoms with van der Waals surface area (Å²) in [6, 6.07) is 1.98. The Bertz CT molecular complexity index is 461. The number of amides is 1. The average molecular weight is 293 g/mol. The van der Waals surface area contributed by atoms with Gasteiger partial charge in [0.05, 0.1) is 5.56 Å². The van der Waals surface area contributed by atoms with Crippen molar-refractivity contribution in [2.75, 3.05) is 19.0 Å². The monoisotopic (exact) mass is 292 g/mol. The molecule has 0 radical (unpaired) electrons. The van der Waals surface area contributed by atoms with E-state index in [0.29, 0.717) is 25.2 Å². The third-order valence-electron chi connectivity index (χ3n) is 3.10. The minimum absolute atomic E-state index is 0.0308. The molecule has 0 saturated carbocycles.